The average Bonchev–Trinajstić information content (AvgIpc) is 2.60. The number of halogens is 1. The minimum Gasteiger partial charge on any atom is -0.508 e. The first-order valence-corrected chi connectivity index (χ1v) is 10.6. The molecule has 1 aliphatic rings. The van der Waals surface area contributed by atoms with Crippen LogP contribution in [0.25, 0.3) is 0 Å². The van der Waals surface area contributed by atoms with Crippen LogP contribution in [0.1, 0.15) is 78.7 Å². The maximum absolute atomic E-state index is 13.7. The zero-order chi connectivity index (χ0) is 21.0. The van der Waals surface area contributed by atoms with Crippen molar-refractivity contribution >= 4 is 0 Å². The Morgan fingerprint density at radius 3 is 2.18 bits per heavy atom. The van der Waals surface area contributed by atoms with Crippen molar-refractivity contribution in [3.8, 4) is 5.75 Å². The SMILES string of the molecule is CCCCCC1=C(C(C)C)NC(C(C)C)=C([C@@H](C)O)[C@H]1c1ccc(F)cc1O. The maximum Gasteiger partial charge on any atom is 0.126 e. The number of hydrogen-bond acceptors (Lipinski definition) is 3. The summed E-state index contributed by atoms with van der Waals surface area (Å²) in [6, 6.07) is 4.23. The normalized spacial score (nSPS) is 18.9. The van der Waals surface area contributed by atoms with Gasteiger partial charge in [-0.1, -0.05) is 53.5 Å². The lowest BCUT2D eigenvalue weighted by Crippen LogP contribution is -2.34. The van der Waals surface area contributed by atoms with Gasteiger partial charge >= 0.3 is 0 Å². The molecule has 1 aromatic rings. The second-order valence-electron chi connectivity index (χ2n) is 8.51. The van der Waals surface area contributed by atoms with Crippen LogP contribution in [0.3, 0.4) is 0 Å². The molecule has 1 aromatic carbocycles. The van der Waals surface area contributed by atoms with Crippen molar-refractivity contribution in [2.75, 3.05) is 0 Å². The molecule has 0 aromatic heterocycles. The van der Waals surface area contributed by atoms with Gasteiger partial charge in [-0.05, 0) is 48.8 Å². The summed E-state index contributed by atoms with van der Waals surface area (Å²) in [7, 11) is 0. The monoisotopic (exact) mass is 389 g/mol. The van der Waals surface area contributed by atoms with Gasteiger partial charge < -0.3 is 15.5 Å². The van der Waals surface area contributed by atoms with Gasteiger partial charge in [0.25, 0.3) is 0 Å². The number of dihydropyridines is 1. The van der Waals surface area contributed by atoms with Crippen LogP contribution in [0.5, 0.6) is 5.75 Å². The van der Waals surface area contributed by atoms with E-state index in [9.17, 15) is 14.6 Å². The van der Waals surface area contributed by atoms with E-state index >= 15 is 0 Å². The lowest BCUT2D eigenvalue weighted by atomic mass is 9.73. The quantitative estimate of drug-likeness (QED) is 0.478. The molecule has 1 heterocycles. The highest BCUT2D eigenvalue weighted by molar-refractivity contribution is 5.52. The smallest absolute Gasteiger partial charge is 0.126 e. The molecule has 0 amide bonds. The van der Waals surface area contributed by atoms with E-state index in [1.54, 1.807) is 13.0 Å². The van der Waals surface area contributed by atoms with Gasteiger partial charge in [-0.2, -0.15) is 0 Å². The number of unbranched alkanes of at least 4 members (excludes halogenated alkanes) is 2. The van der Waals surface area contributed by atoms with Crippen LogP contribution in [-0.4, -0.2) is 16.3 Å². The predicted molar refractivity (Wildman–Crippen MR) is 113 cm³/mol. The highest BCUT2D eigenvalue weighted by Crippen LogP contribution is 2.46. The van der Waals surface area contributed by atoms with Crippen LogP contribution in [0.4, 0.5) is 4.39 Å². The Kier molecular flexibility index (Phi) is 7.70. The number of aliphatic hydroxyl groups is 1. The Morgan fingerprint density at radius 1 is 1.04 bits per heavy atom. The zero-order valence-corrected chi connectivity index (χ0v) is 18.1. The topological polar surface area (TPSA) is 52.5 Å². The van der Waals surface area contributed by atoms with E-state index in [0.717, 1.165) is 42.7 Å². The average molecular weight is 390 g/mol. The van der Waals surface area contributed by atoms with Gasteiger partial charge in [-0.25, -0.2) is 4.39 Å². The van der Waals surface area contributed by atoms with Crippen LogP contribution in [0.15, 0.2) is 40.7 Å². The molecule has 28 heavy (non-hydrogen) atoms. The van der Waals surface area contributed by atoms with E-state index in [2.05, 4.69) is 39.9 Å². The fraction of sp³-hybridized carbons (Fsp3) is 0.583. The zero-order valence-electron chi connectivity index (χ0n) is 18.1. The molecule has 0 radical (unpaired) electrons. The Balaban J connectivity index is 2.73. The summed E-state index contributed by atoms with van der Waals surface area (Å²) in [5.41, 5.74) is 4.92. The molecule has 156 valence electrons. The summed E-state index contributed by atoms with van der Waals surface area (Å²) in [4.78, 5) is 0. The van der Waals surface area contributed by atoms with Crippen molar-refractivity contribution < 1.29 is 14.6 Å². The summed E-state index contributed by atoms with van der Waals surface area (Å²) < 4.78 is 13.7. The summed E-state index contributed by atoms with van der Waals surface area (Å²) in [5, 5.41) is 24.9. The summed E-state index contributed by atoms with van der Waals surface area (Å²) in [6.45, 7) is 12.5. The Hall–Kier alpha value is -1.81. The van der Waals surface area contributed by atoms with E-state index in [4.69, 9.17) is 0 Å². The third-order valence-electron chi connectivity index (χ3n) is 5.54. The second kappa shape index (κ2) is 9.60. The minimum absolute atomic E-state index is 0.0516. The van der Waals surface area contributed by atoms with Crippen molar-refractivity contribution in [1.29, 1.82) is 0 Å². The molecule has 2 atom stereocenters. The second-order valence-corrected chi connectivity index (χ2v) is 8.51. The van der Waals surface area contributed by atoms with Crippen LogP contribution < -0.4 is 5.32 Å². The molecule has 2 rings (SSSR count). The van der Waals surface area contributed by atoms with Crippen LogP contribution in [0, 0.1) is 17.7 Å². The molecule has 0 fully saturated rings. The largest absolute Gasteiger partial charge is 0.508 e. The molecule has 0 spiro atoms. The molecule has 0 saturated heterocycles. The number of phenolic OH excluding ortho intramolecular Hbond substituents is 1. The first-order chi connectivity index (χ1) is 13.2. The first-order valence-electron chi connectivity index (χ1n) is 10.6. The van der Waals surface area contributed by atoms with Gasteiger partial charge in [0, 0.05) is 28.9 Å². The highest BCUT2D eigenvalue weighted by Gasteiger charge is 2.36. The number of hydrogen-bond donors (Lipinski definition) is 3. The molecule has 0 bridgehead atoms. The van der Waals surface area contributed by atoms with E-state index in [0.29, 0.717) is 5.56 Å². The fourth-order valence-corrected chi connectivity index (χ4v) is 4.22. The number of rotatable bonds is 8. The van der Waals surface area contributed by atoms with Crippen molar-refractivity contribution in [1.82, 2.24) is 5.32 Å². The van der Waals surface area contributed by atoms with Gasteiger partial charge in [-0.15, -0.1) is 0 Å². The third-order valence-corrected chi connectivity index (χ3v) is 5.54. The highest BCUT2D eigenvalue weighted by atomic mass is 19.1. The maximum atomic E-state index is 13.7. The van der Waals surface area contributed by atoms with Gasteiger partial charge in [0.05, 0.1) is 6.10 Å². The number of aromatic hydroxyl groups is 1. The van der Waals surface area contributed by atoms with Crippen molar-refractivity contribution in [3.05, 3.63) is 52.1 Å². The number of benzene rings is 1. The van der Waals surface area contributed by atoms with E-state index in [-0.39, 0.29) is 23.5 Å². The molecule has 4 heteroatoms. The number of phenols is 1. The van der Waals surface area contributed by atoms with Gasteiger partial charge in [0.1, 0.15) is 11.6 Å². The minimum atomic E-state index is -0.672. The predicted octanol–water partition coefficient (Wildman–Crippen LogP) is 6.00. The van der Waals surface area contributed by atoms with Gasteiger partial charge in [0.2, 0.25) is 0 Å². The lowest BCUT2D eigenvalue weighted by molar-refractivity contribution is 0.219. The molecule has 3 N–H and O–H groups in total. The first kappa shape index (κ1) is 22.5. The summed E-state index contributed by atoms with van der Waals surface area (Å²) >= 11 is 0. The standard InChI is InChI=1S/C24H36FNO2/c1-7-8-9-10-19-22(18-12-11-17(25)13-20(18)28)21(16(6)27)24(15(4)5)26-23(19)14(2)3/h11-16,22,26-28H,7-10H2,1-6H3/t16-,22+/m1/s1. The Morgan fingerprint density at radius 2 is 1.68 bits per heavy atom. The van der Waals surface area contributed by atoms with Crippen LogP contribution >= 0.6 is 0 Å². The molecule has 0 aliphatic carbocycles. The molecule has 3 nitrogen and oxygen atoms in total. The van der Waals surface area contributed by atoms with Crippen LogP contribution in [-0.2, 0) is 0 Å². The summed E-state index contributed by atoms with van der Waals surface area (Å²) in [5.74, 6) is -0.271. The molecule has 0 unspecified atom stereocenters. The van der Waals surface area contributed by atoms with E-state index in [1.807, 2.05) is 0 Å². The fourth-order valence-electron chi connectivity index (χ4n) is 4.22. The van der Waals surface area contributed by atoms with Gasteiger partial charge in [0.15, 0.2) is 0 Å². The Bertz CT molecular complexity index is 747. The molecular weight excluding hydrogens is 353 g/mol. The Labute approximate surface area is 169 Å². The van der Waals surface area contributed by atoms with Gasteiger partial charge in [-0.3, -0.25) is 0 Å². The van der Waals surface area contributed by atoms with Crippen molar-refractivity contribution in [2.45, 2.75) is 79.2 Å². The third kappa shape index (κ3) is 4.78. The van der Waals surface area contributed by atoms with Crippen molar-refractivity contribution in [2.24, 2.45) is 11.8 Å². The van der Waals surface area contributed by atoms with Crippen LogP contribution in [0.2, 0.25) is 0 Å². The number of aliphatic hydroxyl groups excluding tert-OH is 1. The molecular formula is C24H36FNO2. The summed E-state index contributed by atoms with van der Waals surface area (Å²) in [6.07, 6.45) is 3.51. The van der Waals surface area contributed by atoms with Crippen molar-refractivity contribution in [3.63, 3.8) is 0 Å². The number of nitrogens with one attached hydrogen (secondary N) is 1. The number of allylic oxidation sites excluding steroid dienone is 3. The lowest BCUT2D eigenvalue weighted by Gasteiger charge is -2.39. The van der Waals surface area contributed by atoms with E-state index in [1.165, 1.54) is 17.7 Å². The molecule has 0 saturated carbocycles. The van der Waals surface area contributed by atoms with E-state index < -0.39 is 11.9 Å². The molecule has 1 aliphatic heterocycles.